The molecule has 0 bridgehead atoms. The predicted octanol–water partition coefficient (Wildman–Crippen LogP) is 3.09. The number of benzene rings is 1. The number of carbonyl (C=O) groups is 3. The van der Waals surface area contributed by atoms with Crippen LogP contribution in [0.25, 0.3) is 0 Å². The number of aliphatic hydroxyl groups excluding tert-OH is 1. The van der Waals surface area contributed by atoms with Crippen LogP contribution in [0.5, 0.6) is 0 Å². The van der Waals surface area contributed by atoms with Crippen molar-refractivity contribution in [3.05, 3.63) is 41.5 Å². The summed E-state index contributed by atoms with van der Waals surface area (Å²) in [5.74, 6) is -3.12. The second-order valence-electron chi connectivity index (χ2n) is 9.62. The van der Waals surface area contributed by atoms with Crippen LogP contribution in [0.2, 0.25) is 0 Å². The Morgan fingerprint density at radius 2 is 1.91 bits per heavy atom. The summed E-state index contributed by atoms with van der Waals surface area (Å²) in [6.07, 6.45) is 3.80. The number of amides is 2. The summed E-state index contributed by atoms with van der Waals surface area (Å²) in [7, 11) is 0. The number of esters is 1. The molecule has 180 valence electrons. The first-order valence-electron chi connectivity index (χ1n) is 11.8. The molecule has 33 heavy (non-hydrogen) atoms. The molecule has 1 aromatic rings. The molecule has 1 aliphatic carbocycles. The van der Waals surface area contributed by atoms with Gasteiger partial charge < -0.3 is 20.1 Å². The average molecular weight is 457 g/mol. The van der Waals surface area contributed by atoms with Crippen LogP contribution < -0.4 is 5.32 Å². The van der Waals surface area contributed by atoms with E-state index in [4.69, 9.17) is 4.74 Å². The lowest BCUT2D eigenvalue weighted by Crippen LogP contribution is -2.52. The van der Waals surface area contributed by atoms with Crippen LogP contribution in [-0.2, 0) is 19.1 Å². The average Bonchev–Trinajstić information content (AvgIpc) is 3.03. The molecule has 2 amide bonds. The van der Waals surface area contributed by atoms with E-state index in [1.807, 2.05) is 65.0 Å². The van der Waals surface area contributed by atoms with Crippen molar-refractivity contribution in [3.63, 3.8) is 0 Å². The van der Waals surface area contributed by atoms with Gasteiger partial charge in [0.2, 0.25) is 11.8 Å². The Morgan fingerprint density at radius 3 is 2.52 bits per heavy atom. The number of hydrogen-bond acceptors (Lipinski definition) is 5. The molecule has 1 fully saturated rings. The Labute approximate surface area is 196 Å². The number of carbonyl (C=O) groups excluding carboxylic acids is 3. The Balaban J connectivity index is 2.05. The second-order valence-corrected chi connectivity index (χ2v) is 9.62. The first kappa shape index (κ1) is 25.0. The van der Waals surface area contributed by atoms with Gasteiger partial charge in [-0.05, 0) is 49.8 Å². The van der Waals surface area contributed by atoms with Gasteiger partial charge in [0, 0.05) is 11.6 Å². The van der Waals surface area contributed by atoms with Crippen molar-refractivity contribution >= 4 is 23.5 Å². The fourth-order valence-corrected chi connectivity index (χ4v) is 5.19. The van der Waals surface area contributed by atoms with Crippen molar-refractivity contribution in [1.82, 2.24) is 4.90 Å². The molecular formula is C26H36N2O5. The minimum atomic E-state index is -0.831. The molecule has 3 rings (SSSR count). The lowest BCUT2D eigenvalue weighted by Gasteiger charge is -2.35. The van der Waals surface area contributed by atoms with Crippen molar-refractivity contribution in [2.24, 2.45) is 29.6 Å². The quantitative estimate of drug-likeness (QED) is 0.486. The summed E-state index contributed by atoms with van der Waals surface area (Å²) in [5.41, 5.74) is 2.62. The molecule has 1 saturated heterocycles. The number of rotatable bonds is 7. The molecule has 2 aliphatic rings. The fourth-order valence-electron chi connectivity index (χ4n) is 5.19. The number of nitrogens with zero attached hydrogens (tertiary/aromatic N) is 1. The van der Waals surface area contributed by atoms with Gasteiger partial charge in [-0.25, -0.2) is 0 Å². The lowest BCUT2D eigenvalue weighted by molar-refractivity contribution is -0.156. The van der Waals surface area contributed by atoms with Crippen LogP contribution in [0.3, 0.4) is 0 Å². The van der Waals surface area contributed by atoms with Crippen LogP contribution >= 0.6 is 0 Å². The summed E-state index contributed by atoms with van der Waals surface area (Å²) in [6, 6.07) is 4.45. The van der Waals surface area contributed by atoms with Crippen molar-refractivity contribution in [1.29, 1.82) is 0 Å². The molecule has 0 unspecified atom stereocenters. The minimum Gasteiger partial charge on any atom is -0.466 e. The Kier molecular flexibility index (Phi) is 7.62. The maximum Gasteiger partial charge on any atom is 0.310 e. The van der Waals surface area contributed by atoms with Crippen molar-refractivity contribution < 1.29 is 24.2 Å². The smallest absolute Gasteiger partial charge is 0.310 e. The van der Waals surface area contributed by atoms with Gasteiger partial charge in [0.1, 0.15) is 6.04 Å². The van der Waals surface area contributed by atoms with Gasteiger partial charge in [-0.3, -0.25) is 14.4 Å². The topological polar surface area (TPSA) is 95.9 Å². The van der Waals surface area contributed by atoms with Crippen molar-refractivity contribution in [3.8, 4) is 0 Å². The Morgan fingerprint density at radius 1 is 1.21 bits per heavy atom. The number of anilines is 1. The highest BCUT2D eigenvalue weighted by Gasteiger charge is 2.58. The normalized spacial score (nSPS) is 27.5. The van der Waals surface area contributed by atoms with Crippen LogP contribution in [-0.4, -0.2) is 53.1 Å². The number of allylic oxidation sites excluding steroid dienone is 1. The van der Waals surface area contributed by atoms with E-state index < -0.39 is 35.8 Å². The maximum absolute atomic E-state index is 13.8. The van der Waals surface area contributed by atoms with Gasteiger partial charge in [-0.15, -0.1) is 0 Å². The van der Waals surface area contributed by atoms with Crippen LogP contribution in [0.4, 0.5) is 5.69 Å². The molecule has 2 N–H and O–H groups in total. The van der Waals surface area contributed by atoms with Gasteiger partial charge in [0.15, 0.2) is 0 Å². The SMILES string of the molecule is CCOC(=O)[C@H]1[C@@H]2C(=O)N([C@@H](CO)C(C)C)[C@H](C(=O)Nc3cc(C)ccc3C)[C@H]2C=C[C@H]1C. The first-order valence-corrected chi connectivity index (χ1v) is 11.8. The standard InChI is InChI=1S/C26H36N2O5/c1-7-33-26(32)21-17(6)10-11-18-22(21)25(31)28(20(13-29)14(2)3)23(18)24(30)27-19-12-15(4)8-9-16(19)5/h8-12,14,17-18,20-23,29H,7,13H2,1-6H3,(H,27,30)/t17-,18+,20+,21-,22-,23+/m1/s1. The highest BCUT2D eigenvalue weighted by molar-refractivity contribution is 6.02. The third kappa shape index (κ3) is 4.69. The fraction of sp³-hybridized carbons (Fsp3) is 0.577. The van der Waals surface area contributed by atoms with E-state index in [-0.39, 0.29) is 36.9 Å². The van der Waals surface area contributed by atoms with E-state index in [0.29, 0.717) is 5.69 Å². The third-order valence-corrected chi connectivity index (χ3v) is 7.00. The minimum absolute atomic E-state index is 0.0717. The van der Waals surface area contributed by atoms with E-state index in [2.05, 4.69) is 5.32 Å². The number of fused-ring (bicyclic) bond motifs is 1. The van der Waals surface area contributed by atoms with E-state index >= 15 is 0 Å². The molecule has 0 saturated carbocycles. The number of hydrogen-bond donors (Lipinski definition) is 2. The number of aryl methyl sites for hydroxylation is 2. The Bertz CT molecular complexity index is 941. The number of likely N-dealkylation sites (tertiary alicyclic amines) is 1. The molecule has 6 atom stereocenters. The second kappa shape index (κ2) is 10.1. The summed E-state index contributed by atoms with van der Waals surface area (Å²) in [5, 5.41) is 13.2. The van der Waals surface area contributed by atoms with Crippen molar-refractivity contribution in [2.45, 2.75) is 53.6 Å². The lowest BCUT2D eigenvalue weighted by atomic mass is 9.70. The predicted molar refractivity (Wildman–Crippen MR) is 126 cm³/mol. The van der Waals surface area contributed by atoms with Gasteiger partial charge in [0.05, 0.1) is 31.1 Å². The molecule has 0 radical (unpaired) electrons. The zero-order chi connectivity index (χ0) is 24.4. The van der Waals surface area contributed by atoms with Gasteiger partial charge in [-0.2, -0.15) is 0 Å². The van der Waals surface area contributed by atoms with Crippen LogP contribution in [0.15, 0.2) is 30.4 Å². The van der Waals surface area contributed by atoms with Crippen LogP contribution in [0, 0.1) is 43.4 Å². The largest absolute Gasteiger partial charge is 0.466 e. The van der Waals surface area contributed by atoms with E-state index in [9.17, 15) is 19.5 Å². The molecule has 1 heterocycles. The zero-order valence-corrected chi connectivity index (χ0v) is 20.4. The van der Waals surface area contributed by atoms with E-state index in [1.165, 1.54) is 4.90 Å². The molecule has 7 nitrogen and oxygen atoms in total. The van der Waals surface area contributed by atoms with Gasteiger partial charge >= 0.3 is 5.97 Å². The zero-order valence-electron chi connectivity index (χ0n) is 20.4. The first-order chi connectivity index (χ1) is 15.6. The highest BCUT2D eigenvalue weighted by Crippen LogP contribution is 2.45. The molecule has 1 aromatic carbocycles. The number of aliphatic hydroxyl groups is 1. The summed E-state index contributed by atoms with van der Waals surface area (Å²) in [6.45, 7) is 11.3. The monoisotopic (exact) mass is 456 g/mol. The van der Waals surface area contributed by atoms with E-state index in [1.54, 1.807) is 6.92 Å². The molecule has 0 spiro atoms. The van der Waals surface area contributed by atoms with E-state index in [0.717, 1.165) is 11.1 Å². The highest BCUT2D eigenvalue weighted by atomic mass is 16.5. The molecule has 1 aliphatic heterocycles. The summed E-state index contributed by atoms with van der Waals surface area (Å²) in [4.78, 5) is 41.8. The summed E-state index contributed by atoms with van der Waals surface area (Å²) >= 11 is 0. The van der Waals surface area contributed by atoms with Gasteiger partial charge in [-0.1, -0.05) is 45.1 Å². The Hall–Kier alpha value is -2.67. The third-order valence-electron chi connectivity index (χ3n) is 7.00. The maximum atomic E-state index is 13.8. The molecule has 7 heteroatoms. The molecule has 0 aromatic heterocycles. The van der Waals surface area contributed by atoms with Crippen LogP contribution in [0.1, 0.15) is 38.8 Å². The van der Waals surface area contributed by atoms with Gasteiger partial charge in [0.25, 0.3) is 0 Å². The number of ether oxygens (including phenoxy) is 1. The molecular weight excluding hydrogens is 420 g/mol. The van der Waals surface area contributed by atoms with Crippen molar-refractivity contribution in [2.75, 3.05) is 18.5 Å². The summed E-state index contributed by atoms with van der Waals surface area (Å²) < 4.78 is 5.30. The number of nitrogens with one attached hydrogen (secondary N) is 1.